The first-order valence-electron chi connectivity index (χ1n) is 7.23. The van der Waals surface area contributed by atoms with E-state index in [1.165, 1.54) is 6.26 Å². The summed E-state index contributed by atoms with van der Waals surface area (Å²) in [5, 5.41) is 3.99. The average Bonchev–Trinajstić information content (AvgIpc) is 3.16. The van der Waals surface area contributed by atoms with Gasteiger partial charge in [-0.25, -0.2) is 8.42 Å². The molecular formula is C15H18N2O4S. The molecule has 1 atom stereocenters. The Morgan fingerprint density at radius 1 is 1.36 bits per heavy atom. The summed E-state index contributed by atoms with van der Waals surface area (Å²) in [7, 11) is -3.29. The highest BCUT2D eigenvalue weighted by molar-refractivity contribution is 7.90. The van der Waals surface area contributed by atoms with Crippen LogP contribution in [-0.2, 0) is 21.0 Å². The van der Waals surface area contributed by atoms with Crippen LogP contribution in [0.15, 0.2) is 27.6 Å². The van der Waals surface area contributed by atoms with Crippen molar-refractivity contribution in [3.05, 3.63) is 29.6 Å². The number of benzene rings is 1. The summed E-state index contributed by atoms with van der Waals surface area (Å²) in [4.78, 5) is 4.70. The Morgan fingerprint density at radius 2 is 2.18 bits per heavy atom. The summed E-state index contributed by atoms with van der Waals surface area (Å²) in [6, 6.07) is 5.22. The van der Waals surface area contributed by atoms with E-state index in [1.54, 1.807) is 12.1 Å². The molecular weight excluding hydrogens is 304 g/mol. The van der Waals surface area contributed by atoms with E-state index < -0.39 is 9.84 Å². The normalized spacial score (nSPS) is 18.7. The minimum atomic E-state index is -3.29. The quantitative estimate of drug-likeness (QED) is 0.858. The van der Waals surface area contributed by atoms with Gasteiger partial charge in [0, 0.05) is 24.3 Å². The number of hydrogen-bond acceptors (Lipinski definition) is 6. The molecule has 1 saturated heterocycles. The highest BCUT2D eigenvalue weighted by Gasteiger charge is 2.24. The van der Waals surface area contributed by atoms with Crippen LogP contribution >= 0.6 is 0 Å². The van der Waals surface area contributed by atoms with Gasteiger partial charge in [0.1, 0.15) is 0 Å². The predicted octanol–water partition coefficient (Wildman–Crippen LogP) is 2.21. The van der Waals surface area contributed by atoms with Crippen molar-refractivity contribution in [1.82, 2.24) is 10.1 Å². The molecule has 0 spiro atoms. The van der Waals surface area contributed by atoms with Crippen molar-refractivity contribution in [2.75, 3.05) is 19.5 Å². The fourth-order valence-electron chi connectivity index (χ4n) is 2.58. The van der Waals surface area contributed by atoms with Crippen LogP contribution in [0.1, 0.15) is 30.7 Å². The molecule has 7 heteroatoms. The molecule has 1 aliphatic rings. The van der Waals surface area contributed by atoms with Crippen LogP contribution in [0.25, 0.3) is 11.5 Å². The fraction of sp³-hybridized carbons (Fsp3) is 0.467. The van der Waals surface area contributed by atoms with E-state index in [-0.39, 0.29) is 5.92 Å². The smallest absolute Gasteiger partial charge is 0.257 e. The second kappa shape index (κ2) is 5.81. The zero-order valence-corrected chi connectivity index (χ0v) is 13.4. The molecule has 3 rings (SSSR count). The lowest BCUT2D eigenvalue weighted by Crippen LogP contribution is -2.02. The largest absolute Gasteiger partial charge is 0.381 e. The Labute approximate surface area is 129 Å². The Kier molecular flexibility index (Phi) is 4.01. The van der Waals surface area contributed by atoms with Crippen molar-refractivity contribution in [3.8, 4) is 11.5 Å². The first kappa shape index (κ1) is 15.2. The molecule has 0 aliphatic carbocycles. The van der Waals surface area contributed by atoms with Gasteiger partial charge in [-0.1, -0.05) is 18.1 Å². The zero-order chi connectivity index (χ0) is 15.7. The summed E-state index contributed by atoms with van der Waals surface area (Å²) in [6.07, 6.45) is 2.74. The topological polar surface area (TPSA) is 82.3 Å². The van der Waals surface area contributed by atoms with E-state index in [1.807, 2.05) is 13.0 Å². The van der Waals surface area contributed by atoms with Crippen molar-refractivity contribution < 1.29 is 17.7 Å². The highest BCUT2D eigenvalue weighted by atomic mass is 32.2. The Bertz CT molecular complexity index is 777. The van der Waals surface area contributed by atoms with Gasteiger partial charge in [0.2, 0.25) is 0 Å². The Balaban J connectivity index is 1.98. The predicted molar refractivity (Wildman–Crippen MR) is 80.4 cm³/mol. The Morgan fingerprint density at radius 3 is 2.82 bits per heavy atom. The second-order valence-electron chi connectivity index (χ2n) is 5.47. The van der Waals surface area contributed by atoms with Gasteiger partial charge >= 0.3 is 0 Å². The lowest BCUT2D eigenvalue weighted by molar-refractivity contribution is 0.192. The monoisotopic (exact) mass is 322 g/mol. The molecule has 0 radical (unpaired) electrons. The highest BCUT2D eigenvalue weighted by Crippen LogP contribution is 2.28. The van der Waals surface area contributed by atoms with Gasteiger partial charge in [-0.2, -0.15) is 4.98 Å². The number of rotatable bonds is 4. The van der Waals surface area contributed by atoms with Crippen LogP contribution in [0, 0.1) is 0 Å². The van der Waals surface area contributed by atoms with Crippen molar-refractivity contribution >= 4 is 9.84 Å². The minimum absolute atomic E-state index is 0.154. The number of aryl methyl sites for hydroxylation is 1. The molecule has 6 nitrogen and oxygen atoms in total. The molecule has 1 fully saturated rings. The van der Waals surface area contributed by atoms with E-state index in [0.717, 1.165) is 12.0 Å². The molecule has 0 N–H and O–H groups in total. The molecule has 0 unspecified atom stereocenters. The second-order valence-corrected chi connectivity index (χ2v) is 7.45. The first-order valence-corrected chi connectivity index (χ1v) is 9.13. The summed E-state index contributed by atoms with van der Waals surface area (Å²) >= 11 is 0. The van der Waals surface area contributed by atoms with Gasteiger partial charge in [-0.15, -0.1) is 0 Å². The van der Waals surface area contributed by atoms with Gasteiger partial charge < -0.3 is 9.26 Å². The van der Waals surface area contributed by atoms with Crippen molar-refractivity contribution in [2.24, 2.45) is 0 Å². The summed E-state index contributed by atoms with van der Waals surface area (Å²) in [6.45, 7) is 3.23. The van der Waals surface area contributed by atoms with Crippen LogP contribution in [0.2, 0.25) is 0 Å². The zero-order valence-electron chi connectivity index (χ0n) is 12.6. The van der Waals surface area contributed by atoms with Gasteiger partial charge in [0.15, 0.2) is 15.7 Å². The van der Waals surface area contributed by atoms with E-state index >= 15 is 0 Å². The van der Waals surface area contributed by atoms with Crippen LogP contribution in [-0.4, -0.2) is 38.0 Å². The molecule has 2 aromatic rings. The molecule has 1 aromatic heterocycles. The van der Waals surface area contributed by atoms with Crippen molar-refractivity contribution in [2.45, 2.75) is 30.6 Å². The standard InChI is InChI=1S/C15H18N2O4S/c1-3-10-4-5-11(8-13(10)22(2,18)19)15-16-14(17-21-15)12-6-7-20-9-12/h4-5,8,12H,3,6-7,9H2,1-2H3/t12-/m0/s1. The Hall–Kier alpha value is -1.73. The molecule has 2 heterocycles. The van der Waals surface area contributed by atoms with E-state index in [4.69, 9.17) is 9.26 Å². The SMILES string of the molecule is CCc1ccc(-c2nc([C@H]3CCOC3)no2)cc1S(C)(=O)=O. The van der Waals surface area contributed by atoms with Gasteiger partial charge in [0.05, 0.1) is 11.5 Å². The van der Waals surface area contributed by atoms with Gasteiger partial charge in [-0.05, 0) is 30.5 Å². The molecule has 22 heavy (non-hydrogen) atoms. The fourth-order valence-corrected chi connectivity index (χ4v) is 3.61. The maximum absolute atomic E-state index is 11.9. The summed E-state index contributed by atoms with van der Waals surface area (Å²) in [5.74, 6) is 1.12. The summed E-state index contributed by atoms with van der Waals surface area (Å²) < 4.78 is 34.5. The molecule has 1 aromatic carbocycles. The van der Waals surface area contributed by atoms with Gasteiger partial charge in [-0.3, -0.25) is 0 Å². The molecule has 0 amide bonds. The molecule has 0 saturated carbocycles. The number of hydrogen-bond donors (Lipinski definition) is 0. The lowest BCUT2D eigenvalue weighted by Gasteiger charge is -2.07. The van der Waals surface area contributed by atoms with Gasteiger partial charge in [0.25, 0.3) is 5.89 Å². The maximum atomic E-state index is 11.9. The number of sulfone groups is 1. The average molecular weight is 322 g/mol. The first-order chi connectivity index (χ1) is 10.5. The van der Waals surface area contributed by atoms with Crippen LogP contribution < -0.4 is 0 Å². The summed E-state index contributed by atoms with van der Waals surface area (Å²) in [5.41, 5.74) is 1.41. The number of nitrogens with zero attached hydrogens (tertiary/aromatic N) is 2. The maximum Gasteiger partial charge on any atom is 0.257 e. The molecule has 0 bridgehead atoms. The van der Waals surface area contributed by atoms with Crippen molar-refractivity contribution in [3.63, 3.8) is 0 Å². The van der Waals surface area contributed by atoms with Crippen LogP contribution in [0.4, 0.5) is 0 Å². The molecule has 1 aliphatic heterocycles. The van der Waals surface area contributed by atoms with Crippen molar-refractivity contribution in [1.29, 1.82) is 0 Å². The number of ether oxygens (including phenoxy) is 1. The lowest BCUT2D eigenvalue weighted by atomic mass is 10.1. The van der Waals surface area contributed by atoms with E-state index in [2.05, 4.69) is 10.1 Å². The third-order valence-electron chi connectivity index (χ3n) is 3.83. The third kappa shape index (κ3) is 2.91. The molecule has 118 valence electrons. The number of aromatic nitrogens is 2. The minimum Gasteiger partial charge on any atom is -0.381 e. The van der Waals surface area contributed by atoms with Crippen LogP contribution in [0.5, 0.6) is 0 Å². The van der Waals surface area contributed by atoms with E-state index in [0.29, 0.717) is 41.8 Å². The van der Waals surface area contributed by atoms with E-state index in [9.17, 15) is 8.42 Å². The third-order valence-corrected chi connectivity index (χ3v) is 5.01. The van der Waals surface area contributed by atoms with Crippen LogP contribution in [0.3, 0.4) is 0 Å².